The van der Waals surface area contributed by atoms with Crippen molar-refractivity contribution in [2.45, 2.75) is 18.9 Å². The summed E-state index contributed by atoms with van der Waals surface area (Å²) >= 11 is 0. The van der Waals surface area contributed by atoms with Crippen molar-refractivity contribution in [3.05, 3.63) is 35.9 Å². The molecule has 1 aromatic carbocycles. The molecule has 3 N–H and O–H groups in total. The van der Waals surface area contributed by atoms with Crippen LogP contribution in [0.15, 0.2) is 30.3 Å². The zero-order chi connectivity index (χ0) is 14.3. The Labute approximate surface area is 117 Å². The minimum Gasteiger partial charge on any atom is -0.480 e. The number of nitrogens with zero attached hydrogens (tertiary/aromatic N) is 2. The molecule has 0 radical (unpaired) electrons. The van der Waals surface area contributed by atoms with Crippen LogP contribution in [-0.4, -0.2) is 34.7 Å². The van der Waals surface area contributed by atoms with Gasteiger partial charge in [-0.1, -0.05) is 18.2 Å². The van der Waals surface area contributed by atoms with Crippen LogP contribution in [0.5, 0.6) is 0 Å². The summed E-state index contributed by atoms with van der Waals surface area (Å²) in [6.45, 7) is 2.91. The van der Waals surface area contributed by atoms with E-state index in [4.69, 9.17) is 5.73 Å². The Bertz CT molecular complexity index is 686. The number of carboxylic acids is 1. The molecule has 1 unspecified atom stereocenters. The molecule has 1 aliphatic heterocycles. The molecule has 0 spiro atoms. The van der Waals surface area contributed by atoms with Crippen molar-refractivity contribution in [3.8, 4) is 0 Å². The van der Waals surface area contributed by atoms with Crippen molar-refractivity contribution in [2.24, 2.45) is 5.73 Å². The Morgan fingerprint density at radius 1 is 1.45 bits per heavy atom. The van der Waals surface area contributed by atoms with Gasteiger partial charge in [-0.05, 0) is 31.0 Å². The molecular formula is C15H17N3O2. The van der Waals surface area contributed by atoms with Gasteiger partial charge in [0.25, 0.3) is 0 Å². The van der Waals surface area contributed by atoms with Crippen molar-refractivity contribution in [3.63, 3.8) is 0 Å². The lowest BCUT2D eigenvalue weighted by Gasteiger charge is -2.22. The van der Waals surface area contributed by atoms with Crippen LogP contribution < -0.4 is 10.6 Å². The number of pyridine rings is 1. The van der Waals surface area contributed by atoms with Gasteiger partial charge in [-0.2, -0.15) is 0 Å². The van der Waals surface area contributed by atoms with Crippen LogP contribution in [0.3, 0.4) is 0 Å². The lowest BCUT2D eigenvalue weighted by atomic mass is 10.0. The molecule has 1 aliphatic rings. The van der Waals surface area contributed by atoms with Crippen molar-refractivity contribution >= 4 is 22.7 Å². The first-order chi connectivity index (χ1) is 9.49. The quantitative estimate of drug-likeness (QED) is 0.866. The van der Waals surface area contributed by atoms with Gasteiger partial charge in [0.15, 0.2) is 0 Å². The summed E-state index contributed by atoms with van der Waals surface area (Å²) in [4.78, 5) is 17.9. The second-order valence-electron chi connectivity index (χ2n) is 5.45. The highest BCUT2D eigenvalue weighted by molar-refractivity contribution is 5.83. The van der Waals surface area contributed by atoms with Crippen LogP contribution >= 0.6 is 0 Å². The fraction of sp³-hybridized carbons (Fsp3) is 0.333. The van der Waals surface area contributed by atoms with Crippen LogP contribution in [-0.2, 0) is 4.79 Å². The molecule has 0 aliphatic carbocycles. The average Bonchev–Trinajstić information content (AvgIpc) is 2.82. The summed E-state index contributed by atoms with van der Waals surface area (Å²) in [6.07, 6.45) is 0.441. The fourth-order valence-corrected chi connectivity index (χ4v) is 2.72. The second kappa shape index (κ2) is 4.45. The third-order valence-electron chi connectivity index (χ3n) is 3.91. The summed E-state index contributed by atoms with van der Waals surface area (Å²) in [5.74, 6) is -0.115. The SMILES string of the molecule is Cc1cc2ccccc2nc1N1CCC(N)(C(=O)O)C1. The Balaban J connectivity index is 1.99. The summed E-state index contributed by atoms with van der Waals surface area (Å²) < 4.78 is 0. The van der Waals surface area contributed by atoms with Gasteiger partial charge < -0.3 is 15.7 Å². The van der Waals surface area contributed by atoms with E-state index in [1.807, 2.05) is 36.1 Å². The van der Waals surface area contributed by atoms with Gasteiger partial charge in [0.05, 0.1) is 5.52 Å². The number of aromatic nitrogens is 1. The van der Waals surface area contributed by atoms with E-state index in [-0.39, 0.29) is 0 Å². The maximum Gasteiger partial charge on any atom is 0.325 e. The molecule has 1 atom stereocenters. The zero-order valence-electron chi connectivity index (χ0n) is 11.3. The number of benzene rings is 1. The largest absolute Gasteiger partial charge is 0.480 e. The third-order valence-corrected chi connectivity index (χ3v) is 3.91. The molecule has 104 valence electrons. The van der Waals surface area contributed by atoms with Gasteiger partial charge in [-0.15, -0.1) is 0 Å². The van der Waals surface area contributed by atoms with Crippen LogP contribution in [0.1, 0.15) is 12.0 Å². The molecule has 5 heteroatoms. The molecule has 20 heavy (non-hydrogen) atoms. The van der Waals surface area contributed by atoms with E-state index in [2.05, 4.69) is 11.1 Å². The Morgan fingerprint density at radius 3 is 2.90 bits per heavy atom. The molecule has 2 aromatic rings. The topological polar surface area (TPSA) is 79.5 Å². The highest BCUT2D eigenvalue weighted by atomic mass is 16.4. The van der Waals surface area contributed by atoms with E-state index in [0.29, 0.717) is 19.5 Å². The zero-order valence-corrected chi connectivity index (χ0v) is 11.3. The van der Waals surface area contributed by atoms with Crippen LogP contribution in [0.4, 0.5) is 5.82 Å². The van der Waals surface area contributed by atoms with E-state index in [1.165, 1.54) is 0 Å². The van der Waals surface area contributed by atoms with Crippen molar-refractivity contribution in [2.75, 3.05) is 18.0 Å². The van der Waals surface area contributed by atoms with E-state index in [1.54, 1.807) is 0 Å². The number of rotatable bonds is 2. The fourth-order valence-electron chi connectivity index (χ4n) is 2.72. The maximum absolute atomic E-state index is 11.2. The van der Waals surface area contributed by atoms with Gasteiger partial charge in [0, 0.05) is 18.5 Å². The number of fused-ring (bicyclic) bond motifs is 1. The highest BCUT2D eigenvalue weighted by Crippen LogP contribution is 2.28. The standard InChI is InChI=1S/C15H17N3O2/c1-10-8-11-4-2-3-5-12(11)17-13(10)18-7-6-15(16,9-18)14(19)20/h2-5,8H,6-7,9,16H2,1H3,(H,19,20). The Hall–Kier alpha value is -2.14. The molecule has 1 aromatic heterocycles. The Kier molecular flexibility index (Phi) is 2.87. The number of hydrogen-bond donors (Lipinski definition) is 2. The monoisotopic (exact) mass is 271 g/mol. The number of aliphatic carboxylic acids is 1. The van der Waals surface area contributed by atoms with Crippen molar-refractivity contribution in [1.82, 2.24) is 4.98 Å². The number of aryl methyl sites for hydroxylation is 1. The number of carboxylic acid groups (broad SMARTS) is 1. The summed E-state index contributed by atoms with van der Waals surface area (Å²) in [5, 5.41) is 10.3. The first-order valence-corrected chi connectivity index (χ1v) is 6.63. The minimum atomic E-state index is -1.17. The van der Waals surface area contributed by atoms with E-state index in [0.717, 1.165) is 22.3 Å². The van der Waals surface area contributed by atoms with Crippen LogP contribution in [0.2, 0.25) is 0 Å². The molecule has 1 fully saturated rings. The average molecular weight is 271 g/mol. The molecule has 1 saturated heterocycles. The smallest absolute Gasteiger partial charge is 0.325 e. The summed E-state index contributed by atoms with van der Waals surface area (Å²) in [6, 6.07) is 9.99. The lowest BCUT2D eigenvalue weighted by Crippen LogP contribution is -2.50. The van der Waals surface area contributed by atoms with Gasteiger partial charge in [0.2, 0.25) is 0 Å². The van der Waals surface area contributed by atoms with Gasteiger partial charge in [0.1, 0.15) is 11.4 Å². The number of nitrogens with two attached hydrogens (primary N) is 1. The summed E-state index contributed by atoms with van der Waals surface area (Å²) in [5.41, 5.74) is 6.71. The number of anilines is 1. The molecule has 0 bridgehead atoms. The lowest BCUT2D eigenvalue weighted by molar-refractivity contribution is -0.142. The van der Waals surface area contributed by atoms with Crippen LogP contribution in [0, 0.1) is 6.92 Å². The van der Waals surface area contributed by atoms with Gasteiger partial charge in [-0.3, -0.25) is 4.79 Å². The molecular weight excluding hydrogens is 254 g/mol. The molecule has 2 heterocycles. The maximum atomic E-state index is 11.2. The third kappa shape index (κ3) is 2.00. The first-order valence-electron chi connectivity index (χ1n) is 6.63. The second-order valence-corrected chi connectivity index (χ2v) is 5.45. The highest BCUT2D eigenvalue weighted by Gasteiger charge is 2.42. The van der Waals surface area contributed by atoms with E-state index in [9.17, 15) is 9.90 Å². The number of hydrogen-bond acceptors (Lipinski definition) is 4. The minimum absolute atomic E-state index is 0.300. The predicted molar refractivity (Wildman–Crippen MR) is 77.9 cm³/mol. The first kappa shape index (κ1) is 12.9. The molecule has 3 rings (SSSR count). The van der Waals surface area contributed by atoms with E-state index >= 15 is 0 Å². The molecule has 5 nitrogen and oxygen atoms in total. The normalized spacial score (nSPS) is 22.4. The van der Waals surface area contributed by atoms with Gasteiger partial charge in [-0.25, -0.2) is 4.98 Å². The molecule has 0 amide bonds. The predicted octanol–water partition coefficient (Wildman–Crippen LogP) is 1.54. The summed E-state index contributed by atoms with van der Waals surface area (Å²) in [7, 11) is 0. The van der Waals surface area contributed by atoms with Crippen LogP contribution in [0.25, 0.3) is 10.9 Å². The van der Waals surface area contributed by atoms with Crippen molar-refractivity contribution in [1.29, 1.82) is 0 Å². The Morgan fingerprint density at radius 2 is 2.20 bits per heavy atom. The van der Waals surface area contributed by atoms with E-state index < -0.39 is 11.5 Å². The number of carbonyl (C=O) groups is 1. The van der Waals surface area contributed by atoms with Crippen molar-refractivity contribution < 1.29 is 9.90 Å². The van der Waals surface area contributed by atoms with Gasteiger partial charge >= 0.3 is 5.97 Å². The molecule has 0 saturated carbocycles. The number of para-hydroxylation sites is 1.